The first kappa shape index (κ1) is 28.8. The zero-order valence-electron chi connectivity index (χ0n) is 25.4. The largest absolute Gasteiger partial charge is 0.497 e. The lowest BCUT2D eigenvalue weighted by Crippen LogP contribution is -2.64. The van der Waals surface area contributed by atoms with Crippen LogP contribution in [0.25, 0.3) is 10.9 Å². The molecule has 2 amide bonds. The molecule has 7 nitrogen and oxygen atoms in total. The smallest absolute Gasteiger partial charge is 0.272 e. The van der Waals surface area contributed by atoms with Crippen molar-refractivity contribution in [1.82, 2.24) is 14.8 Å². The third-order valence-corrected chi connectivity index (χ3v) is 9.26. The van der Waals surface area contributed by atoms with Crippen molar-refractivity contribution in [3.63, 3.8) is 0 Å². The van der Waals surface area contributed by atoms with E-state index in [2.05, 4.69) is 35.0 Å². The van der Waals surface area contributed by atoms with Crippen molar-refractivity contribution in [1.29, 1.82) is 0 Å². The molecule has 7 heteroatoms. The van der Waals surface area contributed by atoms with Gasteiger partial charge in [-0.1, -0.05) is 74.6 Å². The number of aromatic nitrogens is 1. The maximum Gasteiger partial charge on any atom is 0.272 e. The van der Waals surface area contributed by atoms with E-state index in [1.165, 1.54) is 19.3 Å². The number of carbonyl (C=O) groups excluding carboxylic acids is 2. The van der Waals surface area contributed by atoms with Gasteiger partial charge in [0.15, 0.2) is 5.54 Å². The van der Waals surface area contributed by atoms with Crippen LogP contribution < -0.4 is 14.8 Å². The van der Waals surface area contributed by atoms with Crippen molar-refractivity contribution in [3.05, 3.63) is 95.2 Å². The molecule has 43 heavy (non-hydrogen) atoms. The van der Waals surface area contributed by atoms with Crippen LogP contribution in [-0.4, -0.2) is 41.5 Å². The summed E-state index contributed by atoms with van der Waals surface area (Å²) in [5, 5.41) is 4.45. The number of methoxy groups -OCH3 is 2. The number of benzene rings is 3. The summed E-state index contributed by atoms with van der Waals surface area (Å²) >= 11 is 0. The normalized spacial score (nSPS) is 19.4. The third kappa shape index (κ3) is 5.37. The summed E-state index contributed by atoms with van der Waals surface area (Å²) in [6.07, 6.45) is 7.72. The van der Waals surface area contributed by atoms with Gasteiger partial charge in [0.05, 0.1) is 27.3 Å². The van der Waals surface area contributed by atoms with Crippen LogP contribution in [0.4, 0.5) is 0 Å². The lowest BCUT2D eigenvalue weighted by molar-refractivity contribution is -0.136. The Morgan fingerprint density at radius 1 is 0.907 bits per heavy atom. The van der Waals surface area contributed by atoms with Crippen LogP contribution in [0.2, 0.25) is 0 Å². The van der Waals surface area contributed by atoms with Crippen molar-refractivity contribution < 1.29 is 19.1 Å². The number of hydrogen-bond donors (Lipinski definition) is 1. The predicted octanol–water partition coefficient (Wildman–Crippen LogP) is 6.75. The Balaban J connectivity index is 1.54. The summed E-state index contributed by atoms with van der Waals surface area (Å²) in [5.41, 5.74) is 2.91. The van der Waals surface area contributed by atoms with Crippen molar-refractivity contribution in [2.24, 2.45) is 0 Å². The number of fused-ring (bicyclic) bond motifs is 3. The van der Waals surface area contributed by atoms with Gasteiger partial charge in [0.25, 0.3) is 11.8 Å². The fourth-order valence-electron chi connectivity index (χ4n) is 6.91. The van der Waals surface area contributed by atoms with Gasteiger partial charge >= 0.3 is 0 Å². The first-order valence-corrected chi connectivity index (χ1v) is 15.4. The number of aryl methyl sites for hydroxylation is 1. The molecule has 1 aliphatic heterocycles. The van der Waals surface area contributed by atoms with E-state index < -0.39 is 5.54 Å². The summed E-state index contributed by atoms with van der Waals surface area (Å²) in [7, 11) is 3.24. The van der Waals surface area contributed by atoms with E-state index >= 15 is 0 Å². The van der Waals surface area contributed by atoms with Gasteiger partial charge in [0, 0.05) is 22.5 Å². The van der Waals surface area contributed by atoms with Crippen LogP contribution in [0, 0.1) is 6.92 Å². The number of hydrogen-bond acceptors (Lipinski definition) is 4. The molecule has 1 fully saturated rings. The van der Waals surface area contributed by atoms with E-state index in [4.69, 9.17) is 9.47 Å². The van der Waals surface area contributed by atoms with Gasteiger partial charge in [-0.3, -0.25) is 9.59 Å². The van der Waals surface area contributed by atoms with E-state index in [1.54, 1.807) is 19.1 Å². The molecule has 0 spiro atoms. The molecule has 1 aliphatic carbocycles. The van der Waals surface area contributed by atoms with Gasteiger partial charge < -0.3 is 24.3 Å². The molecule has 0 radical (unpaired) electrons. The van der Waals surface area contributed by atoms with Crippen LogP contribution in [-0.2, 0) is 23.4 Å². The zero-order chi connectivity index (χ0) is 30.0. The minimum absolute atomic E-state index is 0.0711. The zero-order valence-corrected chi connectivity index (χ0v) is 25.4. The molecule has 224 valence electrons. The molecule has 6 rings (SSSR count). The van der Waals surface area contributed by atoms with Crippen LogP contribution in [0.3, 0.4) is 0 Å². The van der Waals surface area contributed by atoms with Gasteiger partial charge in [-0.25, -0.2) is 0 Å². The number of nitrogens with one attached hydrogen (secondary N) is 1. The molecule has 4 aromatic rings. The monoisotopic (exact) mass is 579 g/mol. The average molecular weight is 580 g/mol. The Hall–Kier alpha value is -4.26. The van der Waals surface area contributed by atoms with Crippen molar-refractivity contribution in [2.75, 3.05) is 14.2 Å². The maximum absolute atomic E-state index is 15.0. The fourth-order valence-corrected chi connectivity index (χ4v) is 6.91. The number of ether oxygens (including phenoxy) is 2. The summed E-state index contributed by atoms with van der Waals surface area (Å²) in [6, 6.07) is 23.6. The molecule has 0 saturated heterocycles. The lowest BCUT2D eigenvalue weighted by atomic mass is 9.83. The average Bonchev–Trinajstić information content (AvgIpc) is 3.37. The lowest BCUT2D eigenvalue weighted by Gasteiger charge is -2.47. The minimum atomic E-state index is -1.29. The molecule has 3 aromatic carbocycles. The van der Waals surface area contributed by atoms with E-state index in [1.807, 2.05) is 54.6 Å². The van der Waals surface area contributed by atoms with E-state index in [0.29, 0.717) is 23.7 Å². The van der Waals surface area contributed by atoms with Gasteiger partial charge in [-0.05, 0) is 61.2 Å². The van der Waals surface area contributed by atoms with E-state index in [9.17, 15) is 9.59 Å². The van der Waals surface area contributed by atoms with Crippen molar-refractivity contribution >= 4 is 22.7 Å². The van der Waals surface area contributed by atoms with Crippen LogP contribution >= 0.6 is 0 Å². The highest BCUT2D eigenvalue weighted by Crippen LogP contribution is 2.42. The standard InChI is InChI=1S/C36H41N3O4/c1-25-16-17-26-22-32-34(40)39(23-27-21-30(42-2)18-19-33(27)43-3)36(24-38(32)31(26)20-25,28-12-8-7-9-13-28)35(41)37-29-14-10-5-4-6-11-15-29/h7-9,12-13,16-22,29H,4-6,10-11,14-15,23-24H2,1-3H3,(H,37,41)/t36-/m0/s1. The topological polar surface area (TPSA) is 72.8 Å². The Labute approximate surface area is 253 Å². The highest BCUT2D eigenvalue weighted by molar-refractivity contribution is 6.04. The minimum Gasteiger partial charge on any atom is -0.497 e. The summed E-state index contributed by atoms with van der Waals surface area (Å²) in [4.78, 5) is 31.5. The number of amides is 2. The number of nitrogens with zero attached hydrogens (tertiary/aromatic N) is 2. The first-order valence-electron chi connectivity index (χ1n) is 15.4. The Kier molecular flexibility index (Phi) is 8.15. The molecular formula is C36H41N3O4. The molecular weight excluding hydrogens is 538 g/mol. The summed E-state index contributed by atoms with van der Waals surface area (Å²) in [6.45, 7) is 2.53. The molecule has 0 unspecified atom stereocenters. The van der Waals surface area contributed by atoms with Gasteiger partial charge in [0.2, 0.25) is 0 Å². The quantitative estimate of drug-likeness (QED) is 0.263. The molecule has 2 heterocycles. The second kappa shape index (κ2) is 12.2. The number of rotatable bonds is 7. The van der Waals surface area contributed by atoms with Gasteiger partial charge in [-0.15, -0.1) is 0 Å². The molecule has 2 aliphatic rings. The van der Waals surface area contributed by atoms with Crippen LogP contribution in [0.1, 0.15) is 72.1 Å². The van der Waals surface area contributed by atoms with E-state index in [0.717, 1.165) is 53.3 Å². The maximum atomic E-state index is 15.0. The van der Waals surface area contributed by atoms with Crippen LogP contribution in [0.5, 0.6) is 11.5 Å². The van der Waals surface area contributed by atoms with Gasteiger partial charge in [-0.2, -0.15) is 0 Å². The van der Waals surface area contributed by atoms with Gasteiger partial charge in [0.1, 0.15) is 17.2 Å². The van der Waals surface area contributed by atoms with Crippen molar-refractivity contribution in [2.45, 2.75) is 76.5 Å². The SMILES string of the molecule is COc1ccc(OC)c(CN2C(=O)c3cc4ccc(C)cc4n3C[C@@]2(C(=O)NC2CCCCCCC2)c2ccccc2)c1. The Morgan fingerprint density at radius 3 is 2.37 bits per heavy atom. The highest BCUT2D eigenvalue weighted by Gasteiger charge is 2.53. The number of carbonyl (C=O) groups is 2. The fraction of sp³-hybridized carbons (Fsp3) is 0.389. The summed E-state index contributed by atoms with van der Waals surface area (Å²) < 4.78 is 13.3. The molecule has 1 saturated carbocycles. The second-order valence-electron chi connectivity index (χ2n) is 12.0. The van der Waals surface area contributed by atoms with Crippen molar-refractivity contribution in [3.8, 4) is 11.5 Å². The third-order valence-electron chi connectivity index (χ3n) is 9.26. The predicted molar refractivity (Wildman–Crippen MR) is 168 cm³/mol. The summed E-state index contributed by atoms with van der Waals surface area (Å²) in [5.74, 6) is 0.966. The Morgan fingerprint density at radius 2 is 1.65 bits per heavy atom. The highest BCUT2D eigenvalue weighted by atomic mass is 16.5. The molecule has 1 atom stereocenters. The first-order chi connectivity index (χ1) is 20.9. The van der Waals surface area contributed by atoms with E-state index in [-0.39, 0.29) is 24.4 Å². The molecule has 1 N–H and O–H groups in total. The Bertz CT molecular complexity index is 1620. The molecule has 1 aromatic heterocycles. The van der Waals surface area contributed by atoms with Crippen LogP contribution in [0.15, 0.2) is 72.8 Å². The second-order valence-corrected chi connectivity index (χ2v) is 12.0. The molecule has 0 bridgehead atoms.